The van der Waals surface area contributed by atoms with Crippen molar-refractivity contribution >= 4 is 0 Å². The normalized spacial score (nSPS) is 8.00. The minimum absolute atomic E-state index is 0.180. The minimum atomic E-state index is 0.180. The van der Waals surface area contributed by atoms with E-state index in [1.54, 1.807) is 12.5 Å². The van der Waals surface area contributed by atoms with Crippen molar-refractivity contribution in [3.63, 3.8) is 0 Å². The molecule has 0 heterocycles. The molecule has 0 spiro atoms. The summed E-state index contributed by atoms with van der Waals surface area (Å²) in [5.41, 5.74) is 0. The molecule has 0 amide bonds. The van der Waals surface area contributed by atoms with Gasteiger partial charge in [-0.1, -0.05) is 12.7 Å². The highest BCUT2D eigenvalue weighted by Crippen LogP contribution is 1.94. The molecule has 0 aliphatic heterocycles. The fraction of sp³-hybridized carbons (Fsp3) is 0.167. The van der Waals surface area contributed by atoms with Crippen LogP contribution in [0.15, 0.2) is 25.0 Å². The standard InChI is InChI=1S/C6H9O/c1-3-4-5-6(2)7/h3-4,7H,1-2,5H2. The fourth-order valence-corrected chi connectivity index (χ4v) is 0.219. The predicted molar refractivity (Wildman–Crippen MR) is 30.9 cm³/mol. The van der Waals surface area contributed by atoms with E-state index in [9.17, 15) is 0 Å². The maximum Gasteiger partial charge on any atom is 0.0857 e. The molecule has 0 atom stereocenters. The predicted octanol–water partition coefficient (Wildman–Crippen LogP) is 1.84. The average molecular weight is 97.1 g/mol. The van der Waals surface area contributed by atoms with Crippen LogP contribution in [0.5, 0.6) is 0 Å². The van der Waals surface area contributed by atoms with Gasteiger partial charge in [0.25, 0.3) is 0 Å². The van der Waals surface area contributed by atoms with Crippen LogP contribution in [0.2, 0.25) is 0 Å². The Hall–Kier alpha value is -0.720. The van der Waals surface area contributed by atoms with Crippen LogP contribution in [0.3, 0.4) is 0 Å². The van der Waals surface area contributed by atoms with Crippen molar-refractivity contribution in [1.29, 1.82) is 0 Å². The Kier molecular flexibility index (Phi) is 3.11. The van der Waals surface area contributed by atoms with Crippen molar-refractivity contribution in [2.45, 2.75) is 6.42 Å². The Balaban J connectivity index is 2.97. The fourth-order valence-electron chi connectivity index (χ4n) is 0.219. The van der Waals surface area contributed by atoms with Crippen LogP contribution in [0.25, 0.3) is 0 Å². The summed E-state index contributed by atoms with van der Waals surface area (Å²) in [5.74, 6) is 0.180. The Bertz CT molecular complexity index is 74.2. The lowest BCUT2D eigenvalue weighted by atomic mass is 10.3. The maximum absolute atomic E-state index is 8.41. The Labute approximate surface area is 44.0 Å². The van der Waals surface area contributed by atoms with Gasteiger partial charge >= 0.3 is 0 Å². The lowest BCUT2D eigenvalue weighted by molar-refractivity contribution is 0.401. The topological polar surface area (TPSA) is 20.2 Å². The Morgan fingerprint density at radius 2 is 2.29 bits per heavy atom. The van der Waals surface area contributed by atoms with E-state index in [-0.39, 0.29) is 5.76 Å². The van der Waals surface area contributed by atoms with E-state index in [0.29, 0.717) is 6.42 Å². The van der Waals surface area contributed by atoms with Crippen molar-refractivity contribution < 1.29 is 5.11 Å². The zero-order valence-corrected chi connectivity index (χ0v) is 4.22. The van der Waals surface area contributed by atoms with E-state index in [0.717, 1.165) is 0 Å². The van der Waals surface area contributed by atoms with Crippen molar-refractivity contribution in [2.24, 2.45) is 0 Å². The molecule has 1 nitrogen and oxygen atoms in total. The molecule has 7 heavy (non-hydrogen) atoms. The summed E-state index contributed by atoms with van der Waals surface area (Å²) in [6.45, 7) is 6.69. The van der Waals surface area contributed by atoms with Gasteiger partial charge in [0.1, 0.15) is 0 Å². The monoisotopic (exact) mass is 97.1 g/mol. The van der Waals surface area contributed by atoms with E-state index in [1.807, 2.05) is 0 Å². The summed E-state index contributed by atoms with van der Waals surface area (Å²) in [4.78, 5) is 0. The molecule has 0 saturated heterocycles. The molecule has 1 heteroatoms. The van der Waals surface area contributed by atoms with E-state index in [2.05, 4.69) is 13.2 Å². The van der Waals surface area contributed by atoms with Crippen molar-refractivity contribution in [2.75, 3.05) is 0 Å². The first kappa shape index (κ1) is 6.28. The second-order valence-corrected chi connectivity index (χ2v) is 1.24. The lowest BCUT2D eigenvalue weighted by Crippen LogP contribution is -1.74. The van der Waals surface area contributed by atoms with Crippen LogP contribution in [-0.4, -0.2) is 5.11 Å². The van der Waals surface area contributed by atoms with E-state index in [1.165, 1.54) is 0 Å². The molecule has 0 aliphatic rings. The second kappa shape index (κ2) is 3.47. The highest BCUT2D eigenvalue weighted by atomic mass is 16.3. The summed E-state index contributed by atoms with van der Waals surface area (Å²) in [7, 11) is 0. The smallest absolute Gasteiger partial charge is 0.0857 e. The number of allylic oxidation sites excluding steroid dienone is 2. The quantitative estimate of drug-likeness (QED) is 0.533. The van der Waals surface area contributed by atoms with Crippen LogP contribution in [0.4, 0.5) is 0 Å². The number of rotatable bonds is 3. The molecule has 0 unspecified atom stereocenters. The van der Waals surface area contributed by atoms with E-state index >= 15 is 0 Å². The Morgan fingerprint density at radius 1 is 1.71 bits per heavy atom. The third kappa shape index (κ3) is 5.28. The highest BCUT2D eigenvalue weighted by molar-refractivity contribution is 4.95. The van der Waals surface area contributed by atoms with Gasteiger partial charge in [-0.25, -0.2) is 0 Å². The van der Waals surface area contributed by atoms with Gasteiger partial charge < -0.3 is 5.11 Å². The van der Waals surface area contributed by atoms with Gasteiger partial charge in [0.15, 0.2) is 0 Å². The van der Waals surface area contributed by atoms with Crippen LogP contribution < -0.4 is 0 Å². The number of aliphatic hydroxyl groups is 1. The van der Waals surface area contributed by atoms with Gasteiger partial charge in [0.2, 0.25) is 0 Å². The van der Waals surface area contributed by atoms with Crippen LogP contribution >= 0.6 is 0 Å². The molecule has 0 saturated carbocycles. The first-order chi connectivity index (χ1) is 3.27. The molecule has 0 bridgehead atoms. The number of aliphatic hydroxyl groups excluding tert-OH is 1. The molecule has 0 aromatic heterocycles. The van der Waals surface area contributed by atoms with E-state index in [4.69, 9.17) is 5.11 Å². The molecule has 0 fully saturated rings. The third-order valence-corrected chi connectivity index (χ3v) is 0.520. The minimum Gasteiger partial charge on any atom is -0.513 e. The largest absolute Gasteiger partial charge is 0.513 e. The average Bonchev–Trinajstić information content (AvgIpc) is 1.61. The first-order valence-electron chi connectivity index (χ1n) is 2.08. The summed E-state index contributed by atoms with van der Waals surface area (Å²) >= 11 is 0. The second-order valence-electron chi connectivity index (χ2n) is 1.24. The molecular formula is C6H9O. The van der Waals surface area contributed by atoms with Crippen molar-refractivity contribution in [3.8, 4) is 0 Å². The molecular weight excluding hydrogens is 88.1 g/mol. The van der Waals surface area contributed by atoms with Gasteiger partial charge in [-0.05, 0) is 6.42 Å². The van der Waals surface area contributed by atoms with Gasteiger partial charge in [0, 0.05) is 6.42 Å². The van der Waals surface area contributed by atoms with Gasteiger partial charge in [-0.3, -0.25) is 0 Å². The van der Waals surface area contributed by atoms with Crippen LogP contribution in [-0.2, 0) is 0 Å². The molecule has 1 N–H and O–H groups in total. The maximum atomic E-state index is 8.41. The van der Waals surface area contributed by atoms with Crippen molar-refractivity contribution in [1.82, 2.24) is 0 Å². The molecule has 39 valence electrons. The highest BCUT2D eigenvalue weighted by Gasteiger charge is 1.81. The van der Waals surface area contributed by atoms with Gasteiger partial charge in [-0.2, -0.15) is 0 Å². The summed E-state index contributed by atoms with van der Waals surface area (Å²) in [6, 6.07) is 0. The van der Waals surface area contributed by atoms with Crippen LogP contribution in [0, 0.1) is 6.42 Å². The van der Waals surface area contributed by atoms with Crippen molar-refractivity contribution in [3.05, 3.63) is 31.4 Å². The number of hydrogen-bond acceptors (Lipinski definition) is 1. The zero-order valence-electron chi connectivity index (χ0n) is 4.22. The van der Waals surface area contributed by atoms with Gasteiger partial charge in [0.05, 0.1) is 5.76 Å². The lowest BCUT2D eigenvalue weighted by Gasteiger charge is -1.87. The zero-order chi connectivity index (χ0) is 5.70. The SMILES string of the molecule is C=C[CH]CC(=C)O. The van der Waals surface area contributed by atoms with Crippen LogP contribution in [0.1, 0.15) is 6.42 Å². The number of hydrogen-bond donors (Lipinski definition) is 1. The summed E-state index contributed by atoms with van der Waals surface area (Å²) in [5, 5.41) is 8.41. The molecule has 1 radical (unpaired) electrons. The summed E-state index contributed by atoms with van der Waals surface area (Å²) in [6.07, 6.45) is 3.88. The molecule has 0 aliphatic carbocycles. The molecule has 0 rings (SSSR count). The summed E-state index contributed by atoms with van der Waals surface area (Å²) < 4.78 is 0. The molecule has 0 aromatic carbocycles. The first-order valence-corrected chi connectivity index (χ1v) is 2.08. The van der Waals surface area contributed by atoms with E-state index < -0.39 is 0 Å². The third-order valence-electron chi connectivity index (χ3n) is 0.520. The molecule has 0 aromatic rings. The van der Waals surface area contributed by atoms with Gasteiger partial charge in [-0.15, -0.1) is 6.58 Å². The Morgan fingerprint density at radius 3 is 2.43 bits per heavy atom.